The first-order valence-electron chi connectivity index (χ1n) is 8.20. The number of hydrogen-bond acceptors (Lipinski definition) is 5. The summed E-state index contributed by atoms with van der Waals surface area (Å²) >= 11 is 0. The minimum absolute atomic E-state index is 0.556. The van der Waals surface area contributed by atoms with Crippen molar-refractivity contribution in [2.45, 2.75) is 18.8 Å². The van der Waals surface area contributed by atoms with Gasteiger partial charge in [0.25, 0.3) is 0 Å². The molecule has 5 heteroatoms. The molecule has 1 aromatic carbocycles. The van der Waals surface area contributed by atoms with E-state index in [0.29, 0.717) is 5.92 Å². The smallest absolute Gasteiger partial charge is 0.116 e. The number of fused-ring (bicyclic) bond motifs is 1. The van der Waals surface area contributed by atoms with Gasteiger partial charge in [-0.05, 0) is 44.1 Å². The molecule has 5 nitrogen and oxygen atoms in total. The second kappa shape index (κ2) is 6.18. The molecule has 4 rings (SSSR count). The van der Waals surface area contributed by atoms with Crippen LogP contribution < -0.4 is 10.2 Å². The zero-order valence-corrected chi connectivity index (χ0v) is 12.8. The number of benzene rings is 1. The summed E-state index contributed by atoms with van der Waals surface area (Å²) in [5.41, 5.74) is 3.53. The number of rotatable bonds is 2. The number of hydrogen-bond donors (Lipinski definition) is 1. The molecule has 2 saturated heterocycles. The summed E-state index contributed by atoms with van der Waals surface area (Å²) < 4.78 is 5.43. The Kier molecular flexibility index (Phi) is 3.91. The van der Waals surface area contributed by atoms with Crippen molar-refractivity contribution in [3.63, 3.8) is 0 Å². The average molecular weight is 298 g/mol. The molecule has 2 aliphatic rings. The quantitative estimate of drug-likeness (QED) is 0.918. The van der Waals surface area contributed by atoms with E-state index in [4.69, 9.17) is 4.74 Å². The second-order valence-corrected chi connectivity index (χ2v) is 6.08. The van der Waals surface area contributed by atoms with E-state index in [1.807, 2.05) is 0 Å². The molecule has 1 N–H and O–H groups in total. The summed E-state index contributed by atoms with van der Waals surface area (Å²) in [5, 5.41) is 4.64. The van der Waals surface area contributed by atoms with Crippen molar-refractivity contribution >= 4 is 16.6 Å². The van der Waals surface area contributed by atoms with E-state index in [-0.39, 0.29) is 0 Å². The monoisotopic (exact) mass is 298 g/mol. The van der Waals surface area contributed by atoms with Gasteiger partial charge >= 0.3 is 0 Å². The van der Waals surface area contributed by atoms with Gasteiger partial charge in [0.2, 0.25) is 0 Å². The molecule has 0 saturated carbocycles. The van der Waals surface area contributed by atoms with Crippen molar-refractivity contribution in [3.8, 4) is 0 Å². The Labute approximate surface area is 130 Å². The highest BCUT2D eigenvalue weighted by Crippen LogP contribution is 2.30. The van der Waals surface area contributed by atoms with Gasteiger partial charge in [0.15, 0.2) is 0 Å². The van der Waals surface area contributed by atoms with Crippen molar-refractivity contribution in [2.24, 2.45) is 0 Å². The van der Waals surface area contributed by atoms with Crippen LogP contribution in [0.2, 0.25) is 0 Å². The normalized spacial score (nSPS) is 20.5. The third kappa shape index (κ3) is 2.66. The summed E-state index contributed by atoms with van der Waals surface area (Å²) in [6, 6.07) is 6.62. The van der Waals surface area contributed by atoms with Gasteiger partial charge in [-0.25, -0.2) is 9.97 Å². The molecule has 2 aromatic rings. The van der Waals surface area contributed by atoms with Crippen LogP contribution in [0.1, 0.15) is 24.5 Å². The maximum absolute atomic E-state index is 5.43. The number of nitrogens with zero attached hydrogens (tertiary/aromatic N) is 3. The van der Waals surface area contributed by atoms with Gasteiger partial charge in [0.05, 0.1) is 24.4 Å². The van der Waals surface area contributed by atoms with Crippen molar-refractivity contribution in [2.75, 3.05) is 44.3 Å². The van der Waals surface area contributed by atoms with Gasteiger partial charge in [-0.1, -0.05) is 0 Å². The standard InChI is InChI=1S/C17H22N4O/c1-2-15-16(11-14(1)21-7-9-22-10-8-21)19-12-20-17(15)13-3-5-18-6-4-13/h1-2,11-13,18H,3-10H2. The molecular weight excluding hydrogens is 276 g/mol. The number of nitrogens with one attached hydrogen (secondary N) is 1. The maximum Gasteiger partial charge on any atom is 0.116 e. The Bertz CT molecular complexity index is 648. The number of ether oxygens (including phenoxy) is 1. The minimum atomic E-state index is 0.556. The number of piperidine rings is 1. The Morgan fingerprint density at radius 2 is 1.91 bits per heavy atom. The first-order chi connectivity index (χ1) is 10.9. The minimum Gasteiger partial charge on any atom is -0.378 e. The molecule has 0 aliphatic carbocycles. The lowest BCUT2D eigenvalue weighted by Gasteiger charge is -2.29. The zero-order chi connectivity index (χ0) is 14.8. The fourth-order valence-electron chi connectivity index (χ4n) is 3.51. The van der Waals surface area contributed by atoms with Crippen LogP contribution in [0.4, 0.5) is 5.69 Å². The molecule has 1 aromatic heterocycles. The average Bonchev–Trinajstić information content (AvgIpc) is 2.62. The highest BCUT2D eigenvalue weighted by molar-refractivity contribution is 5.84. The molecule has 116 valence electrons. The largest absolute Gasteiger partial charge is 0.378 e. The first-order valence-corrected chi connectivity index (χ1v) is 8.20. The van der Waals surface area contributed by atoms with Gasteiger partial charge in [-0.2, -0.15) is 0 Å². The molecule has 0 amide bonds. The SMILES string of the molecule is c1nc(C2CCNCC2)c2ccc(N3CCOCC3)cc2n1. The van der Waals surface area contributed by atoms with E-state index in [2.05, 4.69) is 38.4 Å². The summed E-state index contributed by atoms with van der Waals surface area (Å²) in [7, 11) is 0. The third-order valence-corrected chi connectivity index (χ3v) is 4.75. The highest BCUT2D eigenvalue weighted by atomic mass is 16.5. The highest BCUT2D eigenvalue weighted by Gasteiger charge is 2.20. The lowest BCUT2D eigenvalue weighted by atomic mass is 9.92. The first kappa shape index (κ1) is 13.9. The Balaban J connectivity index is 1.68. The molecule has 0 unspecified atom stereocenters. The van der Waals surface area contributed by atoms with E-state index in [0.717, 1.165) is 57.8 Å². The van der Waals surface area contributed by atoms with E-state index < -0.39 is 0 Å². The fraction of sp³-hybridized carbons (Fsp3) is 0.529. The Hall–Kier alpha value is -1.72. The predicted octanol–water partition coefficient (Wildman–Crippen LogP) is 1.93. The van der Waals surface area contributed by atoms with Crippen LogP contribution in [0.3, 0.4) is 0 Å². The van der Waals surface area contributed by atoms with Crippen LogP contribution in [-0.4, -0.2) is 49.4 Å². The number of morpholine rings is 1. The van der Waals surface area contributed by atoms with Gasteiger partial charge in [0, 0.05) is 30.1 Å². The van der Waals surface area contributed by atoms with Crippen molar-refractivity contribution < 1.29 is 4.74 Å². The van der Waals surface area contributed by atoms with Crippen LogP contribution in [0.25, 0.3) is 10.9 Å². The number of aromatic nitrogens is 2. The van der Waals surface area contributed by atoms with E-state index in [1.165, 1.54) is 16.8 Å². The molecule has 3 heterocycles. The molecule has 22 heavy (non-hydrogen) atoms. The summed E-state index contributed by atoms with van der Waals surface area (Å²) in [6.07, 6.45) is 4.05. The second-order valence-electron chi connectivity index (χ2n) is 6.08. The van der Waals surface area contributed by atoms with Crippen molar-refractivity contribution in [1.29, 1.82) is 0 Å². The fourth-order valence-corrected chi connectivity index (χ4v) is 3.51. The van der Waals surface area contributed by atoms with Gasteiger partial charge in [-0.15, -0.1) is 0 Å². The van der Waals surface area contributed by atoms with Gasteiger partial charge in [-0.3, -0.25) is 0 Å². The Morgan fingerprint density at radius 1 is 1.09 bits per heavy atom. The zero-order valence-electron chi connectivity index (χ0n) is 12.8. The van der Waals surface area contributed by atoms with Crippen LogP contribution in [0, 0.1) is 0 Å². The van der Waals surface area contributed by atoms with Crippen LogP contribution in [0.5, 0.6) is 0 Å². The van der Waals surface area contributed by atoms with E-state index in [9.17, 15) is 0 Å². The van der Waals surface area contributed by atoms with Gasteiger partial charge in [0.1, 0.15) is 6.33 Å². The van der Waals surface area contributed by atoms with Crippen molar-refractivity contribution in [1.82, 2.24) is 15.3 Å². The van der Waals surface area contributed by atoms with Gasteiger partial charge < -0.3 is 15.0 Å². The molecule has 0 bridgehead atoms. The molecule has 2 aliphatic heterocycles. The maximum atomic E-state index is 5.43. The van der Waals surface area contributed by atoms with E-state index >= 15 is 0 Å². The third-order valence-electron chi connectivity index (χ3n) is 4.75. The lowest BCUT2D eigenvalue weighted by Crippen LogP contribution is -2.36. The molecule has 0 spiro atoms. The molecular formula is C17H22N4O. The lowest BCUT2D eigenvalue weighted by molar-refractivity contribution is 0.122. The van der Waals surface area contributed by atoms with Crippen molar-refractivity contribution in [3.05, 3.63) is 30.2 Å². The topological polar surface area (TPSA) is 50.3 Å². The Morgan fingerprint density at radius 3 is 2.73 bits per heavy atom. The summed E-state index contributed by atoms with van der Waals surface area (Å²) in [5.74, 6) is 0.556. The molecule has 0 radical (unpaired) electrons. The van der Waals surface area contributed by atoms with E-state index in [1.54, 1.807) is 6.33 Å². The van der Waals surface area contributed by atoms with Crippen LogP contribution in [-0.2, 0) is 4.74 Å². The summed E-state index contributed by atoms with van der Waals surface area (Å²) in [6.45, 7) is 5.70. The molecule has 0 atom stereocenters. The van der Waals surface area contributed by atoms with Crippen LogP contribution in [0.15, 0.2) is 24.5 Å². The number of anilines is 1. The molecule has 2 fully saturated rings. The summed E-state index contributed by atoms with van der Waals surface area (Å²) in [4.78, 5) is 11.5. The predicted molar refractivity (Wildman–Crippen MR) is 87.4 cm³/mol. The van der Waals surface area contributed by atoms with Crippen LogP contribution >= 0.6 is 0 Å².